The van der Waals surface area contributed by atoms with Crippen LogP contribution in [0.15, 0.2) is 24.3 Å². The first-order valence-electron chi connectivity index (χ1n) is 7.21. The fourth-order valence-corrected chi connectivity index (χ4v) is 2.53. The normalized spacial score (nSPS) is 16.2. The van der Waals surface area contributed by atoms with Gasteiger partial charge < -0.3 is 15.8 Å². The molecule has 1 heterocycles. The lowest BCUT2D eigenvalue weighted by molar-refractivity contribution is -0.124. The maximum Gasteiger partial charge on any atom is 0.258 e. The Morgan fingerprint density at radius 3 is 2.50 bits per heavy atom. The number of likely N-dealkylation sites (tertiary alicyclic amines) is 1. The number of nitrogens with zero attached hydrogens (tertiary/aromatic N) is 1. The van der Waals surface area contributed by atoms with E-state index in [2.05, 4.69) is 5.32 Å². The Morgan fingerprint density at radius 2 is 1.91 bits per heavy atom. The first kappa shape index (κ1) is 16.6. The van der Waals surface area contributed by atoms with Crippen molar-refractivity contribution in [3.05, 3.63) is 29.3 Å². The van der Waals surface area contributed by atoms with Gasteiger partial charge in [-0.05, 0) is 37.1 Å². The molecule has 1 saturated heterocycles. The standard InChI is InChI=1S/C15H20ClN3O3/c16-11-1-3-13(4-2-11)22-10-15(21)18-12-5-7-19(8-6-12)9-14(17)20/h1-4,12H,5-10H2,(H2,17,20)(H,18,21). The number of primary amides is 1. The van der Waals surface area contributed by atoms with Crippen LogP contribution >= 0.6 is 11.6 Å². The zero-order valence-corrected chi connectivity index (χ0v) is 13.0. The summed E-state index contributed by atoms with van der Waals surface area (Å²) in [6.45, 7) is 1.77. The fraction of sp³-hybridized carbons (Fsp3) is 0.467. The average Bonchev–Trinajstić information content (AvgIpc) is 2.48. The number of piperidine rings is 1. The predicted molar refractivity (Wildman–Crippen MR) is 83.7 cm³/mol. The predicted octanol–water partition coefficient (Wildman–Crippen LogP) is 0.785. The van der Waals surface area contributed by atoms with Gasteiger partial charge in [-0.2, -0.15) is 0 Å². The van der Waals surface area contributed by atoms with Gasteiger partial charge in [-0.1, -0.05) is 11.6 Å². The number of rotatable bonds is 6. The summed E-state index contributed by atoms with van der Waals surface area (Å²) >= 11 is 5.78. The van der Waals surface area contributed by atoms with Crippen molar-refractivity contribution in [3.63, 3.8) is 0 Å². The summed E-state index contributed by atoms with van der Waals surface area (Å²) in [5, 5.41) is 3.57. The number of amides is 2. The lowest BCUT2D eigenvalue weighted by Gasteiger charge is -2.31. The molecule has 7 heteroatoms. The summed E-state index contributed by atoms with van der Waals surface area (Å²) in [7, 11) is 0. The Hall–Kier alpha value is -1.79. The molecule has 22 heavy (non-hydrogen) atoms. The summed E-state index contributed by atoms with van der Waals surface area (Å²) in [4.78, 5) is 24.7. The van der Waals surface area contributed by atoms with Crippen LogP contribution in [0.3, 0.4) is 0 Å². The molecule has 0 saturated carbocycles. The summed E-state index contributed by atoms with van der Waals surface area (Å²) < 4.78 is 5.40. The summed E-state index contributed by atoms with van der Waals surface area (Å²) in [5.74, 6) is 0.137. The van der Waals surface area contributed by atoms with E-state index in [4.69, 9.17) is 22.1 Å². The van der Waals surface area contributed by atoms with E-state index in [0.29, 0.717) is 10.8 Å². The second-order valence-electron chi connectivity index (χ2n) is 5.33. The number of hydrogen-bond donors (Lipinski definition) is 2. The molecule has 6 nitrogen and oxygen atoms in total. The van der Waals surface area contributed by atoms with Gasteiger partial charge >= 0.3 is 0 Å². The molecule has 0 radical (unpaired) electrons. The molecule has 0 atom stereocenters. The maximum atomic E-state index is 11.9. The third kappa shape index (κ3) is 5.54. The minimum atomic E-state index is -0.321. The largest absolute Gasteiger partial charge is 0.484 e. The molecule has 1 aliphatic rings. The van der Waals surface area contributed by atoms with Crippen LogP contribution in [0.2, 0.25) is 5.02 Å². The van der Waals surface area contributed by atoms with Crippen molar-refractivity contribution >= 4 is 23.4 Å². The first-order chi connectivity index (χ1) is 10.5. The van der Waals surface area contributed by atoms with Gasteiger partial charge in [-0.25, -0.2) is 0 Å². The van der Waals surface area contributed by atoms with E-state index < -0.39 is 0 Å². The molecular formula is C15H20ClN3O3. The second-order valence-corrected chi connectivity index (χ2v) is 5.76. The molecule has 0 aliphatic carbocycles. The number of halogens is 1. The minimum absolute atomic E-state index is 0.0247. The van der Waals surface area contributed by atoms with Crippen LogP contribution in [0.25, 0.3) is 0 Å². The summed E-state index contributed by atoms with van der Waals surface area (Å²) in [5.41, 5.74) is 5.17. The maximum absolute atomic E-state index is 11.9. The number of carbonyl (C=O) groups is 2. The lowest BCUT2D eigenvalue weighted by atomic mass is 10.1. The number of nitrogens with one attached hydrogen (secondary N) is 1. The van der Waals surface area contributed by atoms with E-state index in [-0.39, 0.29) is 31.0 Å². The van der Waals surface area contributed by atoms with E-state index in [1.54, 1.807) is 24.3 Å². The fourth-order valence-electron chi connectivity index (χ4n) is 2.40. The summed E-state index contributed by atoms with van der Waals surface area (Å²) in [6.07, 6.45) is 1.61. The topological polar surface area (TPSA) is 84.7 Å². The smallest absolute Gasteiger partial charge is 0.258 e. The third-order valence-electron chi connectivity index (χ3n) is 3.52. The number of hydrogen-bond acceptors (Lipinski definition) is 4. The van der Waals surface area contributed by atoms with Gasteiger partial charge in [0.2, 0.25) is 5.91 Å². The highest BCUT2D eigenvalue weighted by Gasteiger charge is 2.21. The SMILES string of the molecule is NC(=O)CN1CCC(NC(=O)COc2ccc(Cl)cc2)CC1. The monoisotopic (exact) mass is 325 g/mol. The Bertz CT molecular complexity index is 513. The Morgan fingerprint density at radius 1 is 1.27 bits per heavy atom. The molecule has 2 amide bonds. The Balaban J connectivity index is 1.67. The summed E-state index contributed by atoms with van der Waals surface area (Å²) in [6, 6.07) is 6.98. The van der Waals surface area contributed by atoms with Crippen molar-refractivity contribution in [2.45, 2.75) is 18.9 Å². The zero-order chi connectivity index (χ0) is 15.9. The van der Waals surface area contributed by atoms with Gasteiger partial charge in [0.1, 0.15) is 5.75 Å². The molecule has 0 bridgehead atoms. The second kappa shape index (κ2) is 8.00. The van der Waals surface area contributed by atoms with Gasteiger partial charge in [0, 0.05) is 24.2 Å². The van der Waals surface area contributed by atoms with Crippen LogP contribution in [-0.4, -0.2) is 49.0 Å². The van der Waals surface area contributed by atoms with Crippen molar-refractivity contribution < 1.29 is 14.3 Å². The Labute approximate surface area is 134 Å². The third-order valence-corrected chi connectivity index (χ3v) is 3.77. The molecule has 0 spiro atoms. The molecular weight excluding hydrogens is 306 g/mol. The van der Waals surface area contributed by atoms with Crippen LogP contribution in [0.1, 0.15) is 12.8 Å². The van der Waals surface area contributed by atoms with E-state index in [9.17, 15) is 9.59 Å². The van der Waals surface area contributed by atoms with Crippen molar-refractivity contribution in [2.24, 2.45) is 5.73 Å². The van der Waals surface area contributed by atoms with Gasteiger partial charge in [-0.15, -0.1) is 0 Å². The molecule has 3 N–H and O–H groups in total. The van der Waals surface area contributed by atoms with Crippen LogP contribution in [-0.2, 0) is 9.59 Å². The molecule has 1 aliphatic heterocycles. The van der Waals surface area contributed by atoms with E-state index in [1.165, 1.54) is 0 Å². The highest BCUT2D eigenvalue weighted by molar-refractivity contribution is 6.30. The molecule has 1 fully saturated rings. The van der Waals surface area contributed by atoms with Crippen molar-refractivity contribution in [3.8, 4) is 5.75 Å². The number of carbonyl (C=O) groups excluding carboxylic acids is 2. The van der Waals surface area contributed by atoms with E-state index >= 15 is 0 Å². The van der Waals surface area contributed by atoms with Crippen molar-refractivity contribution in [1.29, 1.82) is 0 Å². The van der Waals surface area contributed by atoms with Gasteiger partial charge in [-0.3, -0.25) is 14.5 Å². The lowest BCUT2D eigenvalue weighted by Crippen LogP contribution is -2.47. The highest BCUT2D eigenvalue weighted by Crippen LogP contribution is 2.15. The van der Waals surface area contributed by atoms with E-state index in [1.807, 2.05) is 4.90 Å². The average molecular weight is 326 g/mol. The van der Waals surface area contributed by atoms with Crippen LogP contribution in [0, 0.1) is 0 Å². The number of nitrogens with two attached hydrogens (primary N) is 1. The molecule has 2 rings (SSSR count). The molecule has 0 unspecified atom stereocenters. The quantitative estimate of drug-likeness (QED) is 0.809. The van der Waals surface area contributed by atoms with E-state index in [0.717, 1.165) is 25.9 Å². The Kier molecular flexibility index (Phi) is 6.03. The van der Waals surface area contributed by atoms with Crippen LogP contribution < -0.4 is 15.8 Å². The molecule has 120 valence electrons. The molecule has 0 aromatic heterocycles. The molecule has 1 aromatic carbocycles. The molecule has 1 aromatic rings. The zero-order valence-electron chi connectivity index (χ0n) is 12.3. The highest BCUT2D eigenvalue weighted by atomic mass is 35.5. The van der Waals surface area contributed by atoms with Crippen LogP contribution in [0.4, 0.5) is 0 Å². The van der Waals surface area contributed by atoms with Crippen molar-refractivity contribution in [2.75, 3.05) is 26.2 Å². The number of benzene rings is 1. The van der Waals surface area contributed by atoms with Gasteiger partial charge in [0.05, 0.1) is 6.54 Å². The first-order valence-corrected chi connectivity index (χ1v) is 7.59. The number of ether oxygens (including phenoxy) is 1. The van der Waals surface area contributed by atoms with Crippen molar-refractivity contribution in [1.82, 2.24) is 10.2 Å². The van der Waals surface area contributed by atoms with Crippen LogP contribution in [0.5, 0.6) is 5.75 Å². The van der Waals surface area contributed by atoms with Gasteiger partial charge in [0.25, 0.3) is 5.91 Å². The van der Waals surface area contributed by atoms with Gasteiger partial charge in [0.15, 0.2) is 6.61 Å². The minimum Gasteiger partial charge on any atom is -0.484 e.